The number of para-hydroxylation sites is 2. The highest BCUT2D eigenvalue weighted by Gasteiger charge is 2.27. The van der Waals surface area contributed by atoms with Crippen molar-refractivity contribution in [2.24, 2.45) is 0 Å². The summed E-state index contributed by atoms with van der Waals surface area (Å²) in [6.45, 7) is 6.15. The Morgan fingerprint density at radius 1 is 1.27 bits per heavy atom. The summed E-state index contributed by atoms with van der Waals surface area (Å²) in [5, 5.41) is 0. The van der Waals surface area contributed by atoms with Crippen LogP contribution >= 0.6 is 0 Å². The molecular formula is C24H30N2O4. The van der Waals surface area contributed by atoms with Crippen LogP contribution in [0, 0.1) is 0 Å². The summed E-state index contributed by atoms with van der Waals surface area (Å²) in [5.74, 6) is 1.91. The van der Waals surface area contributed by atoms with Crippen molar-refractivity contribution in [1.29, 1.82) is 0 Å². The molecule has 2 aromatic carbocycles. The maximum Gasteiger partial charge on any atom is 0.253 e. The van der Waals surface area contributed by atoms with Crippen LogP contribution in [0.2, 0.25) is 0 Å². The third-order valence-corrected chi connectivity index (χ3v) is 5.23. The lowest BCUT2D eigenvalue weighted by molar-refractivity contribution is 0.0709. The van der Waals surface area contributed by atoms with Crippen LogP contribution in [0.1, 0.15) is 29.8 Å². The molecule has 2 aromatic rings. The number of amides is 1. The van der Waals surface area contributed by atoms with Gasteiger partial charge in [0.05, 0.1) is 33.0 Å². The fourth-order valence-corrected chi connectivity index (χ4v) is 3.80. The lowest BCUT2D eigenvalue weighted by Crippen LogP contribution is -2.46. The highest BCUT2D eigenvalue weighted by molar-refractivity contribution is 5.95. The van der Waals surface area contributed by atoms with E-state index in [4.69, 9.17) is 14.2 Å². The summed E-state index contributed by atoms with van der Waals surface area (Å²) in [5.41, 5.74) is 2.45. The average Bonchev–Trinajstić information content (AvgIpc) is 2.77. The van der Waals surface area contributed by atoms with Crippen LogP contribution in [-0.2, 0) is 0 Å². The lowest BCUT2D eigenvalue weighted by Gasteiger charge is -2.37. The highest BCUT2D eigenvalue weighted by atomic mass is 16.5. The molecule has 1 aliphatic heterocycles. The number of rotatable bonds is 7. The molecule has 1 amide bonds. The van der Waals surface area contributed by atoms with E-state index in [0.29, 0.717) is 23.6 Å². The molecule has 1 heterocycles. The quantitative estimate of drug-likeness (QED) is 0.688. The number of allylic oxidation sites excluding steroid dienone is 1. The molecule has 6 nitrogen and oxygen atoms in total. The first-order valence-corrected chi connectivity index (χ1v) is 10.2. The van der Waals surface area contributed by atoms with Gasteiger partial charge in [0.25, 0.3) is 5.91 Å². The van der Waals surface area contributed by atoms with E-state index in [1.54, 1.807) is 32.2 Å². The number of ether oxygens (including phenoxy) is 3. The van der Waals surface area contributed by atoms with Gasteiger partial charge in [0.15, 0.2) is 11.5 Å². The molecule has 6 heteroatoms. The summed E-state index contributed by atoms with van der Waals surface area (Å²) in [4.78, 5) is 17.2. The molecule has 160 valence electrons. The molecule has 0 spiro atoms. The average molecular weight is 411 g/mol. The number of anilines is 1. The van der Waals surface area contributed by atoms with Gasteiger partial charge in [-0.25, -0.2) is 0 Å². The maximum absolute atomic E-state index is 13.2. The number of benzene rings is 2. The molecule has 0 N–H and O–H groups in total. The summed E-state index contributed by atoms with van der Waals surface area (Å²) in [6, 6.07) is 11.6. The Hall–Kier alpha value is -3.15. The molecule has 0 aliphatic carbocycles. The molecule has 1 unspecified atom stereocenters. The number of nitrogens with zero attached hydrogens (tertiary/aromatic N) is 2. The summed E-state index contributed by atoms with van der Waals surface area (Å²) >= 11 is 0. The number of carbonyl (C=O) groups excluding carboxylic acids is 1. The van der Waals surface area contributed by atoms with E-state index in [2.05, 4.69) is 17.9 Å². The second-order valence-electron chi connectivity index (χ2n) is 7.23. The summed E-state index contributed by atoms with van der Waals surface area (Å²) in [7, 11) is 4.96. The van der Waals surface area contributed by atoms with Crippen LogP contribution < -0.4 is 19.1 Å². The van der Waals surface area contributed by atoms with E-state index in [1.807, 2.05) is 43.3 Å². The molecule has 0 fully saturated rings. The smallest absolute Gasteiger partial charge is 0.253 e. The SMILES string of the molecule is C/C=C/c1cc(C(=O)N(C)CC2CN(CC)c3ccccc3O2)cc(OC)c1OC. The number of fused-ring (bicyclic) bond motifs is 1. The Morgan fingerprint density at radius 3 is 2.70 bits per heavy atom. The van der Waals surface area contributed by atoms with Crippen LogP contribution in [-0.4, -0.2) is 57.8 Å². The van der Waals surface area contributed by atoms with E-state index in [-0.39, 0.29) is 12.0 Å². The third kappa shape index (κ3) is 4.37. The van der Waals surface area contributed by atoms with Gasteiger partial charge in [-0.3, -0.25) is 4.79 Å². The van der Waals surface area contributed by atoms with E-state index in [9.17, 15) is 4.79 Å². The Bertz CT molecular complexity index is 925. The molecule has 1 atom stereocenters. The van der Waals surface area contributed by atoms with Crippen molar-refractivity contribution < 1.29 is 19.0 Å². The first-order valence-electron chi connectivity index (χ1n) is 10.2. The van der Waals surface area contributed by atoms with E-state index in [1.165, 1.54) is 0 Å². The Kier molecular flexibility index (Phi) is 6.87. The third-order valence-electron chi connectivity index (χ3n) is 5.23. The molecule has 3 rings (SSSR count). The topological polar surface area (TPSA) is 51.2 Å². The Morgan fingerprint density at radius 2 is 2.03 bits per heavy atom. The number of carbonyl (C=O) groups is 1. The normalized spacial score (nSPS) is 15.5. The minimum Gasteiger partial charge on any atom is -0.493 e. The zero-order valence-corrected chi connectivity index (χ0v) is 18.3. The number of hydrogen-bond donors (Lipinski definition) is 0. The van der Waals surface area contributed by atoms with E-state index >= 15 is 0 Å². The van der Waals surface area contributed by atoms with Gasteiger partial charge < -0.3 is 24.0 Å². The van der Waals surface area contributed by atoms with Gasteiger partial charge in [-0.05, 0) is 38.1 Å². The molecule has 30 heavy (non-hydrogen) atoms. The zero-order chi connectivity index (χ0) is 21.7. The molecule has 0 saturated carbocycles. The van der Waals surface area contributed by atoms with Crippen LogP contribution in [0.25, 0.3) is 6.08 Å². The predicted molar refractivity (Wildman–Crippen MR) is 120 cm³/mol. The molecule has 1 aliphatic rings. The van der Waals surface area contributed by atoms with Crippen molar-refractivity contribution in [1.82, 2.24) is 4.90 Å². The van der Waals surface area contributed by atoms with Crippen molar-refractivity contribution in [3.63, 3.8) is 0 Å². The Balaban J connectivity index is 1.80. The van der Waals surface area contributed by atoms with Crippen molar-refractivity contribution in [3.8, 4) is 17.2 Å². The number of hydrogen-bond acceptors (Lipinski definition) is 5. The monoisotopic (exact) mass is 410 g/mol. The fourth-order valence-electron chi connectivity index (χ4n) is 3.80. The first-order chi connectivity index (χ1) is 14.5. The molecular weight excluding hydrogens is 380 g/mol. The van der Waals surface area contributed by atoms with Crippen LogP contribution in [0.3, 0.4) is 0 Å². The largest absolute Gasteiger partial charge is 0.493 e. The summed E-state index contributed by atoms with van der Waals surface area (Å²) < 4.78 is 17.1. The van der Waals surface area contributed by atoms with Crippen LogP contribution in [0.5, 0.6) is 17.2 Å². The van der Waals surface area contributed by atoms with Gasteiger partial charge in [0.1, 0.15) is 11.9 Å². The minimum atomic E-state index is -0.107. The number of likely N-dealkylation sites (N-methyl/N-ethyl adjacent to an activating group) is 2. The van der Waals surface area contributed by atoms with Gasteiger partial charge in [0.2, 0.25) is 0 Å². The van der Waals surface area contributed by atoms with Crippen molar-refractivity contribution in [3.05, 3.63) is 53.6 Å². The zero-order valence-electron chi connectivity index (χ0n) is 18.3. The van der Waals surface area contributed by atoms with Crippen molar-refractivity contribution in [2.45, 2.75) is 20.0 Å². The Labute approximate surface area is 178 Å². The van der Waals surface area contributed by atoms with E-state index < -0.39 is 0 Å². The van der Waals surface area contributed by atoms with Gasteiger partial charge in [-0.2, -0.15) is 0 Å². The molecule has 0 bridgehead atoms. The standard InChI is InChI=1S/C24H30N2O4/c1-6-10-17-13-18(14-22(28-4)23(17)29-5)24(27)25(3)15-19-16-26(7-2)20-11-8-9-12-21(20)30-19/h6,8-14,19H,7,15-16H2,1-5H3/b10-6+. The van der Waals surface area contributed by atoms with Crippen LogP contribution in [0.4, 0.5) is 5.69 Å². The minimum absolute atomic E-state index is 0.0905. The fraction of sp³-hybridized carbons (Fsp3) is 0.375. The van der Waals surface area contributed by atoms with Gasteiger partial charge in [-0.1, -0.05) is 24.3 Å². The molecule has 0 saturated heterocycles. The van der Waals surface area contributed by atoms with E-state index in [0.717, 1.165) is 30.1 Å². The highest BCUT2D eigenvalue weighted by Crippen LogP contribution is 2.35. The molecule has 0 aromatic heterocycles. The first kappa shape index (κ1) is 21.6. The van der Waals surface area contributed by atoms with Crippen molar-refractivity contribution >= 4 is 17.7 Å². The van der Waals surface area contributed by atoms with Crippen LogP contribution in [0.15, 0.2) is 42.5 Å². The lowest BCUT2D eigenvalue weighted by atomic mass is 10.1. The number of methoxy groups -OCH3 is 2. The molecule has 0 radical (unpaired) electrons. The van der Waals surface area contributed by atoms with Gasteiger partial charge >= 0.3 is 0 Å². The maximum atomic E-state index is 13.2. The van der Waals surface area contributed by atoms with Gasteiger partial charge in [0, 0.05) is 24.7 Å². The second-order valence-corrected chi connectivity index (χ2v) is 7.23. The van der Waals surface area contributed by atoms with Gasteiger partial charge in [-0.15, -0.1) is 0 Å². The van der Waals surface area contributed by atoms with Crippen molar-refractivity contribution in [2.75, 3.05) is 45.8 Å². The summed E-state index contributed by atoms with van der Waals surface area (Å²) in [6.07, 6.45) is 3.70. The predicted octanol–water partition coefficient (Wildman–Crippen LogP) is 4.10. The second kappa shape index (κ2) is 9.57.